The molecule has 12 atom stereocenters. The van der Waals surface area contributed by atoms with E-state index in [-0.39, 0.29) is 100 Å². The first-order valence-corrected chi connectivity index (χ1v) is 39.2. The molecule has 3 saturated carbocycles. The Morgan fingerprint density at radius 1 is 0.545 bits per heavy atom. The molecule has 9 aromatic rings. The molecule has 0 saturated heterocycles. The summed E-state index contributed by atoms with van der Waals surface area (Å²) < 4.78 is 45.1. The molecule has 112 heavy (non-hydrogen) atoms. The van der Waals surface area contributed by atoms with E-state index in [9.17, 15) is 52.8 Å². The maximum absolute atomic E-state index is 13.4. The Kier molecular flexibility index (Phi) is 30.4. The van der Waals surface area contributed by atoms with Crippen molar-refractivity contribution in [3.05, 3.63) is 216 Å². The Labute approximate surface area is 675 Å². The number of amides is 2. The van der Waals surface area contributed by atoms with Gasteiger partial charge >= 0.3 is 22.5 Å². The Bertz CT molecular complexity index is 4840. The Hall–Kier alpha value is -9.00. The molecule has 0 aliphatic heterocycles. The number of benzene rings is 3. The van der Waals surface area contributed by atoms with Gasteiger partial charge in [0.1, 0.15) is 64.1 Å². The molecule has 2 amide bonds. The summed E-state index contributed by atoms with van der Waals surface area (Å²) in [5.41, 5.74) is 15.1. The van der Waals surface area contributed by atoms with Crippen LogP contribution in [0.4, 0.5) is 21.2 Å². The van der Waals surface area contributed by atoms with Crippen molar-refractivity contribution in [1.82, 2.24) is 69.9 Å². The maximum atomic E-state index is 13.4. The second-order valence-corrected chi connectivity index (χ2v) is 32.9. The number of nitrogens with one attached hydrogen (secondary N) is 4. The number of carbonyl (C=O) groups excluding carboxylic acids is 5. The number of aliphatic hydroxyl groups excluding tert-OH is 5. The van der Waals surface area contributed by atoms with E-state index in [2.05, 4.69) is 118 Å². The van der Waals surface area contributed by atoms with E-state index in [1.165, 1.54) is 37.6 Å². The standard InChI is InChI=1S/C26H31BrN6O5.C21H24BrN7O5S.C15H10BrClN4O.C11H22N2O4/c1-26(2,3)38-25(37)31-21-20(10-16(13-34)22(21)35)30-24-18(11-28-14-29-24)23(36)19-7-8-33(32-19)12-15-5-4-6-17(27)9-15;22-14-3-1-2-12(6-14)9-29-5-4-16(28-29)20(31)15-8-25-11-26-21(15)27-17-7-13(19(30)18(17)23)10-34-35(24,32)33;16-11-3-1-2-10(6-11)8-21-5-4-13(20-21)14(22)12-7-18-9-19-15(12)17;1-11(2,3)17-10(16)13-8-7(12)4-6(5-14)9(8)15/h4-9,11,14,16,20-22,34-35H,10,12-13H2,1-3H3,(H,31,37)(H,28,29,30);1-6,8,11,13,17-19,30H,7,9-10,23H2,(H2,24,32,33)(H,25,26,27);1-7,9H,8H2;6-9,14-15H,4-5,12H2,1-3H3,(H,13,16)/t16-,20-,21+,22-;13-,17-,18+,19-;;6-,7-,8+,9-/m11.1/s1. The van der Waals surface area contributed by atoms with Crippen molar-refractivity contribution in [1.29, 1.82) is 0 Å². The molecular weight excluding hydrogens is 1690 g/mol. The van der Waals surface area contributed by atoms with Crippen molar-refractivity contribution in [3.63, 3.8) is 0 Å². The van der Waals surface area contributed by atoms with Crippen LogP contribution >= 0.6 is 59.4 Å². The number of halogens is 4. The van der Waals surface area contributed by atoms with Crippen LogP contribution in [-0.2, 0) is 43.6 Å². The van der Waals surface area contributed by atoms with E-state index in [4.69, 9.17) is 42.8 Å². The van der Waals surface area contributed by atoms with Gasteiger partial charge in [0.2, 0.25) is 17.3 Å². The second kappa shape index (κ2) is 39.2. The number of carbonyl (C=O) groups is 5. The van der Waals surface area contributed by atoms with Gasteiger partial charge in [0.15, 0.2) is 0 Å². The predicted octanol–water partition coefficient (Wildman–Crippen LogP) is 6.13. The number of ketones is 3. The summed E-state index contributed by atoms with van der Waals surface area (Å²) in [7, 11) is -4.15. The first-order chi connectivity index (χ1) is 53.0. The highest BCUT2D eigenvalue weighted by Crippen LogP contribution is 2.33. The Morgan fingerprint density at radius 2 is 0.929 bits per heavy atom. The number of alkyl carbamates (subject to hydrolysis) is 2. The average Bonchev–Trinajstić information content (AvgIpc) is 1.66. The van der Waals surface area contributed by atoms with E-state index in [0.29, 0.717) is 38.2 Å². The van der Waals surface area contributed by atoms with Gasteiger partial charge in [-0.25, -0.2) is 44.6 Å². The summed E-state index contributed by atoms with van der Waals surface area (Å²) in [6, 6.07) is 24.9. The van der Waals surface area contributed by atoms with Gasteiger partial charge in [0.05, 0.1) is 85.4 Å². The number of aromatic nitrogens is 12. The molecule has 15 N–H and O–H groups in total. The van der Waals surface area contributed by atoms with E-state index in [0.717, 1.165) is 30.1 Å². The largest absolute Gasteiger partial charge is 0.444 e. The second-order valence-electron chi connectivity index (χ2n) is 28.6. The van der Waals surface area contributed by atoms with Gasteiger partial charge in [-0.15, -0.1) is 0 Å². The van der Waals surface area contributed by atoms with Crippen LogP contribution in [0, 0.1) is 17.8 Å². The number of hydrogen-bond acceptors (Lipinski definition) is 28. The molecule has 6 aromatic heterocycles. The number of nitrogens with two attached hydrogens (primary N) is 3. The van der Waals surface area contributed by atoms with Crippen LogP contribution in [0.2, 0.25) is 5.15 Å². The summed E-state index contributed by atoms with van der Waals surface area (Å²) in [6.07, 6.45) is 10.1. The molecule has 12 rings (SSSR count). The molecule has 0 spiro atoms. The fourth-order valence-corrected chi connectivity index (χ4v) is 14.3. The molecule has 0 radical (unpaired) electrons. The van der Waals surface area contributed by atoms with Gasteiger partial charge < -0.3 is 67.7 Å². The van der Waals surface area contributed by atoms with Crippen LogP contribution in [0.3, 0.4) is 0 Å². The Balaban J connectivity index is 0.000000179. The zero-order valence-corrected chi connectivity index (χ0v) is 67.8. The number of anilines is 2. The fourth-order valence-electron chi connectivity index (χ4n) is 12.4. The van der Waals surface area contributed by atoms with Gasteiger partial charge in [-0.3, -0.25) is 32.6 Å². The van der Waals surface area contributed by atoms with Gasteiger partial charge in [-0.1, -0.05) is 95.8 Å². The third-order valence-corrected chi connectivity index (χ3v) is 19.9. The van der Waals surface area contributed by atoms with E-state index >= 15 is 0 Å². The summed E-state index contributed by atoms with van der Waals surface area (Å²) >= 11 is 16.2. The lowest BCUT2D eigenvalue weighted by molar-refractivity contribution is 0.0364. The van der Waals surface area contributed by atoms with Gasteiger partial charge in [-0.05, 0) is 132 Å². The molecule has 3 aromatic carbocycles. The summed E-state index contributed by atoms with van der Waals surface area (Å²) in [5.74, 6) is -1.94. The number of ether oxygens (including phenoxy) is 2. The predicted molar refractivity (Wildman–Crippen MR) is 420 cm³/mol. The lowest BCUT2D eigenvalue weighted by Gasteiger charge is -2.27. The highest BCUT2D eigenvalue weighted by Gasteiger charge is 2.46. The SMILES string of the molecule is CC(C)(C)OC(=O)N[C@@H]1[C@H](O)[C@@H](CO)C[C@H]1N.CC(C)(C)OC(=O)N[C@@H]1[C@H](O)[C@@H](CO)C[C@H]1Nc1ncncc1C(=O)c1ccn(Cc2cccc(Br)c2)n1.N[C@@H]1[C@H](O)[C@@H](COS(N)(=O)=O)C[C@H]1Nc1ncncc1C(=O)c1ccn(Cc2cccc(Br)c2)n1.O=C(c1ccn(Cc2cccc(Br)c2)n1)c1cncnc1Cl. The zero-order chi connectivity index (χ0) is 81.4. The van der Waals surface area contributed by atoms with Crippen LogP contribution in [0.5, 0.6) is 0 Å². The molecule has 598 valence electrons. The Morgan fingerprint density at radius 3 is 1.33 bits per heavy atom. The molecule has 34 nitrogen and oxygen atoms in total. The summed E-state index contributed by atoms with van der Waals surface area (Å²) in [6.45, 7) is 11.3. The minimum Gasteiger partial charge on any atom is -0.444 e. The quantitative estimate of drug-likeness (QED) is 0.0253. The van der Waals surface area contributed by atoms with Gasteiger partial charge in [-0.2, -0.15) is 23.7 Å². The number of rotatable bonds is 23. The molecule has 6 heterocycles. The van der Waals surface area contributed by atoms with E-state index in [1.54, 1.807) is 92.4 Å². The zero-order valence-electron chi connectivity index (χ0n) is 61.5. The lowest BCUT2D eigenvalue weighted by atomic mass is 10.1. The number of aliphatic hydroxyl groups is 5. The van der Waals surface area contributed by atoms with E-state index in [1.807, 2.05) is 72.8 Å². The van der Waals surface area contributed by atoms with Crippen LogP contribution in [0.1, 0.15) is 126 Å². The monoisotopic (exact) mass is 1770 g/mol. The van der Waals surface area contributed by atoms with Gasteiger partial charge in [0, 0.05) is 93.7 Å². The van der Waals surface area contributed by atoms with Crippen molar-refractivity contribution in [2.75, 3.05) is 30.5 Å². The normalized spacial score (nSPS) is 21.3. The molecule has 39 heteroatoms. The first kappa shape index (κ1) is 87.0. The van der Waals surface area contributed by atoms with Crippen molar-refractivity contribution < 1.29 is 71.6 Å². The third-order valence-electron chi connectivity index (χ3n) is 17.7. The number of hydrogen-bond donors (Lipinski definition) is 12. The van der Waals surface area contributed by atoms with Crippen LogP contribution < -0.4 is 37.9 Å². The molecule has 3 fully saturated rings. The third kappa shape index (κ3) is 25.0. The lowest BCUT2D eigenvalue weighted by Crippen LogP contribution is -2.51. The molecule has 0 bridgehead atoms. The topological polar surface area (TPSA) is 505 Å². The highest BCUT2D eigenvalue weighted by atomic mass is 79.9. The molecule has 3 aliphatic rings. The molecule has 3 aliphatic carbocycles. The van der Waals surface area contributed by atoms with Crippen molar-refractivity contribution in [2.45, 2.75) is 146 Å². The van der Waals surface area contributed by atoms with Crippen molar-refractivity contribution >= 4 is 111 Å². The van der Waals surface area contributed by atoms with Gasteiger partial charge in [0.25, 0.3) is 0 Å². The highest BCUT2D eigenvalue weighted by molar-refractivity contribution is 9.11. The minimum absolute atomic E-state index is 0.126. The smallest absolute Gasteiger partial charge is 0.408 e. The van der Waals surface area contributed by atoms with Crippen LogP contribution in [0.15, 0.2) is 161 Å². The average molecular weight is 1780 g/mol. The van der Waals surface area contributed by atoms with Crippen LogP contribution in [0.25, 0.3) is 0 Å². The fraction of sp³-hybridized carbons (Fsp3) is 0.397. The number of nitrogens with zero attached hydrogens (tertiary/aromatic N) is 12. The summed E-state index contributed by atoms with van der Waals surface area (Å²) in [5, 5.41) is 79.4. The molecule has 0 unspecified atom stereocenters. The van der Waals surface area contributed by atoms with E-state index < -0.39 is 94.0 Å². The van der Waals surface area contributed by atoms with Crippen molar-refractivity contribution in [3.8, 4) is 0 Å². The summed E-state index contributed by atoms with van der Waals surface area (Å²) in [4.78, 5) is 86.9. The van der Waals surface area contributed by atoms with Crippen LogP contribution in [-0.4, -0.2) is 208 Å². The maximum Gasteiger partial charge on any atom is 0.408 e. The van der Waals surface area contributed by atoms with Crippen molar-refractivity contribution in [2.24, 2.45) is 34.4 Å². The molecular formula is C73H87Br3ClN19O15S. The first-order valence-electron chi connectivity index (χ1n) is 35.0. The minimum atomic E-state index is -4.15.